The summed E-state index contributed by atoms with van der Waals surface area (Å²) in [6.07, 6.45) is 0. The van der Waals surface area contributed by atoms with Crippen molar-refractivity contribution in [2.45, 2.75) is 13.8 Å². The Bertz CT molecular complexity index is 733. The van der Waals surface area contributed by atoms with E-state index in [1.165, 1.54) is 0 Å². The van der Waals surface area contributed by atoms with E-state index in [1.807, 2.05) is 19.9 Å². The van der Waals surface area contributed by atoms with E-state index in [1.54, 1.807) is 42.5 Å². The van der Waals surface area contributed by atoms with Gasteiger partial charge < -0.3 is 15.4 Å². The number of nitrogens with one attached hydrogen (secondary N) is 2. The largest absolute Gasteiger partial charge is 0.492 e. The first-order chi connectivity index (χ1) is 12.0. The van der Waals surface area contributed by atoms with Crippen LogP contribution >= 0.6 is 11.6 Å². The third-order valence-corrected chi connectivity index (χ3v) is 3.53. The van der Waals surface area contributed by atoms with Crippen LogP contribution in [0.2, 0.25) is 5.02 Å². The molecule has 0 aliphatic rings. The zero-order valence-corrected chi connectivity index (χ0v) is 15.0. The summed E-state index contributed by atoms with van der Waals surface area (Å²) in [6, 6.07) is 13.8. The SMILES string of the molecule is CC(C)COc1ccc(NC(=O)CNC(=O)c2ccccc2)cc1Cl. The van der Waals surface area contributed by atoms with E-state index in [9.17, 15) is 9.59 Å². The van der Waals surface area contributed by atoms with E-state index in [4.69, 9.17) is 16.3 Å². The fraction of sp³-hybridized carbons (Fsp3) is 0.263. The number of amides is 2. The molecule has 2 aromatic carbocycles. The van der Waals surface area contributed by atoms with E-state index in [2.05, 4.69) is 10.6 Å². The molecule has 0 aliphatic carbocycles. The second kappa shape index (κ2) is 9.08. The lowest BCUT2D eigenvalue weighted by molar-refractivity contribution is -0.115. The monoisotopic (exact) mass is 360 g/mol. The van der Waals surface area contributed by atoms with Crippen LogP contribution in [0.5, 0.6) is 5.75 Å². The topological polar surface area (TPSA) is 67.4 Å². The molecule has 0 aromatic heterocycles. The minimum absolute atomic E-state index is 0.128. The standard InChI is InChI=1S/C19H21ClN2O3/c1-13(2)12-25-17-9-8-15(10-16(17)20)22-18(23)11-21-19(24)14-6-4-3-5-7-14/h3-10,13H,11-12H2,1-2H3,(H,21,24)(H,22,23). The lowest BCUT2D eigenvalue weighted by Crippen LogP contribution is -2.32. The van der Waals surface area contributed by atoms with E-state index >= 15 is 0 Å². The Morgan fingerprint density at radius 1 is 1.12 bits per heavy atom. The molecule has 0 fully saturated rings. The number of anilines is 1. The number of hydrogen-bond donors (Lipinski definition) is 2. The van der Waals surface area contributed by atoms with Gasteiger partial charge in [-0.1, -0.05) is 43.6 Å². The molecule has 2 amide bonds. The maximum atomic E-state index is 12.0. The Balaban J connectivity index is 1.86. The van der Waals surface area contributed by atoms with Crippen molar-refractivity contribution in [3.05, 3.63) is 59.1 Å². The number of hydrogen-bond acceptors (Lipinski definition) is 3. The van der Waals surface area contributed by atoms with Crippen LogP contribution in [-0.2, 0) is 4.79 Å². The van der Waals surface area contributed by atoms with Gasteiger partial charge in [0.15, 0.2) is 0 Å². The predicted molar refractivity (Wildman–Crippen MR) is 99.2 cm³/mol. The molecule has 25 heavy (non-hydrogen) atoms. The van der Waals surface area contributed by atoms with Crippen LogP contribution in [0, 0.1) is 5.92 Å². The molecule has 0 saturated heterocycles. The third-order valence-electron chi connectivity index (χ3n) is 3.23. The molecule has 2 aromatic rings. The van der Waals surface area contributed by atoms with Crippen LogP contribution in [-0.4, -0.2) is 25.0 Å². The van der Waals surface area contributed by atoms with Crippen molar-refractivity contribution in [1.82, 2.24) is 5.32 Å². The smallest absolute Gasteiger partial charge is 0.251 e. The van der Waals surface area contributed by atoms with Gasteiger partial charge in [-0.25, -0.2) is 0 Å². The molecule has 0 spiro atoms. The second-order valence-corrected chi connectivity index (χ2v) is 6.35. The van der Waals surface area contributed by atoms with Gasteiger partial charge in [0.05, 0.1) is 18.2 Å². The van der Waals surface area contributed by atoms with Gasteiger partial charge in [0.25, 0.3) is 5.91 Å². The first kappa shape index (κ1) is 18.8. The van der Waals surface area contributed by atoms with E-state index in [0.717, 1.165) is 0 Å². The molecule has 0 aliphatic heterocycles. The van der Waals surface area contributed by atoms with Crippen LogP contribution in [0.15, 0.2) is 48.5 Å². The summed E-state index contributed by atoms with van der Waals surface area (Å²) >= 11 is 6.16. The summed E-state index contributed by atoms with van der Waals surface area (Å²) in [7, 11) is 0. The van der Waals surface area contributed by atoms with Gasteiger partial charge in [-0.2, -0.15) is 0 Å². The Morgan fingerprint density at radius 2 is 1.84 bits per heavy atom. The maximum absolute atomic E-state index is 12.0. The summed E-state index contributed by atoms with van der Waals surface area (Å²) in [5, 5.41) is 5.68. The van der Waals surface area contributed by atoms with Crippen LogP contribution in [0.3, 0.4) is 0 Å². The molecular weight excluding hydrogens is 340 g/mol. The first-order valence-electron chi connectivity index (χ1n) is 8.01. The highest BCUT2D eigenvalue weighted by Gasteiger charge is 2.09. The fourth-order valence-corrected chi connectivity index (χ4v) is 2.24. The Morgan fingerprint density at radius 3 is 2.48 bits per heavy atom. The van der Waals surface area contributed by atoms with Gasteiger partial charge in [0.2, 0.25) is 5.91 Å². The van der Waals surface area contributed by atoms with Crippen molar-refractivity contribution in [3.8, 4) is 5.75 Å². The highest BCUT2D eigenvalue weighted by molar-refractivity contribution is 6.32. The number of rotatable bonds is 7. The third kappa shape index (κ3) is 6.12. The molecule has 132 valence electrons. The average Bonchev–Trinajstić information content (AvgIpc) is 2.59. The molecule has 0 atom stereocenters. The van der Waals surface area contributed by atoms with E-state index in [-0.39, 0.29) is 18.4 Å². The predicted octanol–water partition coefficient (Wildman–Crippen LogP) is 3.74. The first-order valence-corrected chi connectivity index (χ1v) is 8.39. The fourth-order valence-electron chi connectivity index (χ4n) is 2.01. The maximum Gasteiger partial charge on any atom is 0.251 e. The quantitative estimate of drug-likeness (QED) is 0.790. The number of ether oxygens (including phenoxy) is 1. The Labute approximate surface area is 152 Å². The zero-order valence-electron chi connectivity index (χ0n) is 14.2. The second-order valence-electron chi connectivity index (χ2n) is 5.95. The van der Waals surface area contributed by atoms with Crippen molar-refractivity contribution in [1.29, 1.82) is 0 Å². The molecule has 2 rings (SSSR count). The van der Waals surface area contributed by atoms with Gasteiger partial charge in [-0.05, 0) is 36.2 Å². The van der Waals surface area contributed by atoms with Gasteiger partial charge in [-0.15, -0.1) is 0 Å². The molecule has 0 unspecified atom stereocenters. The number of halogens is 1. The van der Waals surface area contributed by atoms with Crippen molar-refractivity contribution >= 4 is 29.1 Å². The van der Waals surface area contributed by atoms with Gasteiger partial charge in [0, 0.05) is 11.3 Å². The van der Waals surface area contributed by atoms with Crippen LogP contribution < -0.4 is 15.4 Å². The Kier molecular flexibility index (Phi) is 6.83. The zero-order chi connectivity index (χ0) is 18.2. The van der Waals surface area contributed by atoms with Gasteiger partial charge >= 0.3 is 0 Å². The summed E-state index contributed by atoms with van der Waals surface area (Å²) in [5.74, 6) is 0.330. The number of carbonyl (C=O) groups excluding carboxylic acids is 2. The minimum atomic E-state index is -0.337. The average molecular weight is 361 g/mol. The molecule has 0 saturated carbocycles. The summed E-state index contributed by atoms with van der Waals surface area (Å²) in [4.78, 5) is 23.9. The summed E-state index contributed by atoms with van der Waals surface area (Å²) in [6.45, 7) is 4.53. The van der Waals surface area contributed by atoms with Crippen molar-refractivity contribution in [3.63, 3.8) is 0 Å². The van der Waals surface area contributed by atoms with Crippen LogP contribution in [0.1, 0.15) is 24.2 Å². The van der Waals surface area contributed by atoms with Gasteiger partial charge in [0.1, 0.15) is 5.75 Å². The van der Waals surface area contributed by atoms with Crippen molar-refractivity contribution in [2.75, 3.05) is 18.5 Å². The normalized spacial score (nSPS) is 10.4. The highest BCUT2D eigenvalue weighted by Crippen LogP contribution is 2.28. The number of carbonyl (C=O) groups is 2. The molecular formula is C19H21ClN2O3. The number of benzene rings is 2. The summed E-state index contributed by atoms with van der Waals surface area (Å²) in [5.41, 5.74) is 1.05. The van der Waals surface area contributed by atoms with E-state index in [0.29, 0.717) is 34.5 Å². The highest BCUT2D eigenvalue weighted by atomic mass is 35.5. The van der Waals surface area contributed by atoms with Crippen molar-refractivity contribution in [2.24, 2.45) is 5.92 Å². The van der Waals surface area contributed by atoms with Gasteiger partial charge in [-0.3, -0.25) is 9.59 Å². The molecule has 0 radical (unpaired) electrons. The van der Waals surface area contributed by atoms with E-state index < -0.39 is 0 Å². The molecule has 5 nitrogen and oxygen atoms in total. The lowest BCUT2D eigenvalue weighted by Gasteiger charge is -2.12. The molecule has 6 heteroatoms. The molecule has 0 heterocycles. The minimum Gasteiger partial charge on any atom is -0.492 e. The molecule has 2 N–H and O–H groups in total. The van der Waals surface area contributed by atoms with Crippen LogP contribution in [0.4, 0.5) is 5.69 Å². The summed E-state index contributed by atoms with van der Waals surface area (Å²) < 4.78 is 5.58. The lowest BCUT2D eigenvalue weighted by atomic mass is 10.2. The van der Waals surface area contributed by atoms with Crippen molar-refractivity contribution < 1.29 is 14.3 Å². The Hall–Kier alpha value is -2.53. The molecule has 0 bridgehead atoms. The van der Waals surface area contributed by atoms with Crippen LogP contribution in [0.25, 0.3) is 0 Å².